The molecule has 0 aliphatic heterocycles. The third-order valence-electron chi connectivity index (χ3n) is 3.08. The molecule has 2 rings (SSSR count). The van der Waals surface area contributed by atoms with Crippen LogP contribution in [0.3, 0.4) is 0 Å². The van der Waals surface area contributed by atoms with Crippen molar-refractivity contribution in [3.63, 3.8) is 0 Å². The molecule has 1 nitrogen and oxygen atoms in total. The molecule has 2 aromatic rings. The van der Waals surface area contributed by atoms with Crippen LogP contribution in [0.2, 0.25) is 0 Å². The zero-order valence-corrected chi connectivity index (χ0v) is 11.6. The normalized spacial score (nSPS) is 14.6. The molecule has 0 spiro atoms. The van der Waals surface area contributed by atoms with Crippen LogP contribution in [0.25, 0.3) is 0 Å². The summed E-state index contributed by atoms with van der Waals surface area (Å²) in [6, 6.07) is 8.29. The number of benzene rings is 1. The molecule has 1 atom stereocenters. The molecule has 0 aliphatic carbocycles. The molecule has 0 saturated heterocycles. The standard InChI is InChI=1S/C15H18OS/c1-10-5-11(2)7-13(6-10)15(4,16)14-8-12(3)17-9-14/h5-9,16H,1-4H3. The zero-order valence-electron chi connectivity index (χ0n) is 10.7. The Balaban J connectivity index is 2.50. The number of thiophene rings is 1. The van der Waals surface area contributed by atoms with Crippen molar-refractivity contribution in [2.24, 2.45) is 0 Å². The summed E-state index contributed by atoms with van der Waals surface area (Å²) in [5.41, 5.74) is 3.42. The smallest absolute Gasteiger partial charge is 0.113 e. The summed E-state index contributed by atoms with van der Waals surface area (Å²) in [6.07, 6.45) is 0. The van der Waals surface area contributed by atoms with Gasteiger partial charge in [0.15, 0.2) is 0 Å². The Morgan fingerprint density at radius 1 is 0.941 bits per heavy atom. The van der Waals surface area contributed by atoms with Crippen molar-refractivity contribution in [1.29, 1.82) is 0 Å². The first-order valence-corrected chi connectivity index (χ1v) is 6.64. The monoisotopic (exact) mass is 246 g/mol. The minimum atomic E-state index is -0.901. The van der Waals surface area contributed by atoms with Gasteiger partial charge >= 0.3 is 0 Å². The SMILES string of the molecule is Cc1cc(C)cc(C(C)(O)c2csc(C)c2)c1. The predicted molar refractivity (Wildman–Crippen MR) is 73.6 cm³/mol. The third-order valence-corrected chi connectivity index (χ3v) is 3.94. The van der Waals surface area contributed by atoms with Gasteiger partial charge in [-0.3, -0.25) is 0 Å². The molecule has 1 unspecified atom stereocenters. The maximum Gasteiger partial charge on any atom is 0.113 e. The van der Waals surface area contributed by atoms with Crippen molar-refractivity contribution in [2.75, 3.05) is 0 Å². The van der Waals surface area contributed by atoms with Crippen LogP contribution in [0.1, 0.15) is 34.1 Å². The Morgan fingerprint density at radius 2 is 1.53 bits per heavy atom. The van der Waals surface area contributed by atoms with Gasteiger partial charge in [0.2, 0.25) is 0 Å². The van der Waals surface area contributed by atoms with Crippen molar-refractivity contribution < 1.29 is 5.11 Å². The molecule has 0 bridgehead atoms. The molecule has 0 fully saturated rings. The molecule has 1 heterocycles. The molecular formula is C15H18OS. The summed E-state index contributed by atoms with van der Waals surface area (Å²) in [5, 5.41) is 12.8. The second kappa shape index (κ2) is 4.28. The molecule has 1 aromatic heterocycles. The van der Waals surface area contributed by atoms with Crippen LogP contribution in [0.15, 0.2) is 29.6 Å². The Bertz CT molecular complexity index is 517. The van der Waals surface area contributed by atoms with E-state index in [1.807, 2.05) is 12.3 Å². The summed E-state index contributed by atoms with van der Waals surface area (Å²) < 4.78 is 0. The van der Waals surface area contributed by atoms with E-state index in [9.17, 15) is 5.11 Å². The summed E-state index contributed by atoms with van der Waals surface area (Å²) in [7, 11) is 0. The molecule has 90 valence electrons. The highest BCUT2D eigenvalue weighted by Crippen LogP contribution is 2.32. The van der Waals surface area contributed by atoms with Crippen molar-refractivity contribution >= 4 is 11.3 Å². The average molecular weight is 246 g/mol. The number of rotatable bonds is 2. The Kier molecular flexibility index (Phi) is 3.11. The molecule has 0 radical (unpaired) electrons. The molecule has 0 saturated carbocycles. The molecule has 0 amide bonds. The van der Waals surface area contributed by atoms with E-state index in [2.05, 4.69) is 45.0 Å². The van der Waals surface area contributed by atoms with E-state index < -0.39 is 5.60 Å². The van der Waals surface area contributed by atoms with Gasteiger partial charge in [0.1, 0.15) is 5.60 Å². The van der Waals surface area contributed by atoms with Crippen LogP contribution in [0, 0.1) is 20.8 Å². The van der Waals surface area contributed by atoms with Gasteiger partial charge in [0.25, 0.3) is 0 Å². The maximum atomic E-state index is 10.7. The van der Waals surface area contributed by atoms with Crippen LogP contribution in [0.5, 0.6) is 0 Å². The second-order valence-electron chi connectivity index (χ2n) is 4.89. The van der Waals surface area contributed by atoms with Gasteiger partial charge in [-0.25, -0.2) is 0 Å². The van der Waals surface area contributed by atoms with Crippen LogP contribution in [-0.2, 0) is 5.60 Å². The van der Waals surface area contributed by atoms with E-state index in [0.29, 0.717) is 0 Å². The maximum absolute atomic E-state index is 10.7. The van der Waals surface area contributed by atoms with E-state index in [-0.39, 0.29) is 0 Å². The Hall–Kier alpha value is -1.12. The number of aryl methyl sites for hydroxylation is 3. The van der Waals surface area contributed by atoms with E-state index in [1.54, 1.807) is 11.3 Å². The minimum absolute atomic E-state index is 0.901. The second-order valence-corrected chi connectivity index (χ2v) is 6.01. The Morgan fingerprint density at radius 3 is 2.00 bits per heavy atom. The lowest BCUT2D eigenvalue weighted by atomic mass is 9.88. The van der Waals surface area contributed by atoms with E-state index in [0.717, 1.165) is 11.1 Å². The molecule has 1 aromatic carbocycles. The average Bonchev–Trinajstić information content (AvgIpc) is 2.64. The van der Waals surface area contributed by atoms with Gasteiger partial charge in [-0.1, -0.05) is 29.3 Å². The number of aliphatic hydroxyl groups is 1. The molecule has 17 heavy (non-hydrogen) atoms. The third kappa shape index (κ3) is 2.43. The fraction of sp³-hybridized carbons (Fsp3) is 0.333. The molecule has 0 aliphatic rings. The van der Waals surface area contributed by atoms with Gasteiger partial charge in [0.05, 0.1) is 0 Å². The number of hydrogen-bond donors (Lipinski definition) is 1. The van der Waals surface area contributed by atoms with Gasteiger partial charge in [0, 0.05) is 4.88 Å². The van der Waals surface area contributed by atoms with Crippen molar-refractivity contribution in [2.45, 2.75) is 33.3 Å². The summed E-state index contributed by atoms with van der Waals surface area (Å²) in [6.45, 7) is 8.05. The van der Waals surface area contributed by atoms with Gasteiger partial charge in [-0.2, -0.15) is 0 Å². The van der Waals surface area contributed by atoms with Crippen molar-refractivity contribution in [3.8, 4) is 0 Å². The summed E-state index contributed by atoms with van der Waals surface area (Å²) >= 11 is 1.67. The minimum Gasteiger partial charge on any atom is -0.381 e. The van der Waals surface area contributed by atoms with E-state index in [4.69, 9.17) is 0 Å². The van der Waals surface area contributed by atoms with E-state index in [1.165, 1.54) is 16.0 Å². The first kappa shape index (κ1) is 12.3. The highest BCUT2D eigenvalue weighted by molar-refractivity contribution is 7.10. The van der Waals surface area contributed by atoms with E-state index >= 15 is 0 Å². The summed E-state index contributed by atoms with van der Waals surface area (Å²) in [4.78, 5) is 1.23. The lowest BCUT2D eigenvalue weighted by molar-refractivity contribution is 0.103. The number of hydrogen-bond acceptors (Lipinski definition) is 2. The van der Waals surface area contributed by atoms with Crippen molar-refractivity contribution in [3.05, 3.63) is 56.8 Å². The largest absolute Gasteiger partial charge is 0.381 e. The van der Waals surface area contributed by atoms with Gasteiger partial charge < -0.3 is 5.11 Å². The zero-order chi connectivity index (χ0) is 12.6. The molecule has 2 heteroatoms. The lowest BCUT2D eigenvalue weighted by Gasteiger charge is -2.24. The quantitative estimate of drug-likeness (QED) is 0.851. The first-order chi connectivity index (χ1) is 7.89. The van der Waals surface area contributed by atoms with Crippen molar-refractivity contribution in [1.82, 2.24) is 0 Å². The fourth-order valence-corrected chi connectivity index (χ4v) is 2.93. The topological polar surface area (TPSA) is 20.2 Å². The van der Waals surface area contributed by atoms with Gasteiger partial charge in [-0.15, -0.1) is 11.3 Å². The molecular weight excluding hydrogens is 228 g/mol. The predicted octanol–water partition coefficient (Wildman–Crippen LogP) is 3.93. The lowest BCUT2D eigenvalue weighted by Crippen LogP contribution is -2.22. The Labute approximate surface area is 107 Å². The van der Waals surface area contributed by atoms with Crippen LogP contribution in [-0.4, -0.2) is 5.11 Å². The fourth-order valence-electron chi connectivity index (χ4n) is 2.12. The van der Waals surface area contributed by atoms with Crippen LogP contribution in [0.4, 0.5) is 0 Å². The highest BCUT2D eigenvalue weighted by atomic mass is 32.1. The highest BCUT2D eigenvalue weighted by Gasteiger charge is 2.26. The van der Waals surface area contributed by atoms with Crippen LogP contribution >= 0.6 is 11.3 Å². The molecule has 1 N–H and O–H groups in total. The first-order valence-electron chi connectivity index (χ1n) is 5.76. The van der Waals surface area contributed by atoms with Gasteiger partial charge in [-0.05, 0) is 50.3 Å². The summed E-state index contributed by atoms with van der Waals surface area (Å²) in [5.74, 6) is 0. The van der Waals surface area contributed by atoms with Crippen LogP contribution < -0.4 is 0 Å².